The fourth-order valence-electron chi connectivity index (χ4n) is 4.36. The number of aromatic amines is 1. The molecule has 2 aromatic rings. The maximum atomic E-state index is 12.9. The minimum atomic E-state index is -0.323. The summed E-state index contributed by atoms with van der Waals surface area (Å²) >= 11 is 6.04. The largest absolute Gasteiger partial charge is 0.384 e. The molecule has 2 aliphatic rings. The summed E-state index contributed by atoms with van der Waals surface area (Å²) in [5.74, 6) is 0.180. The number of halogens is 1. The monoisotopic (exact) mass is 432 g/mol. The molecule has 1 aromatic carbocycles. The van der Waals surface area contributed by atoms with Crippen molar-refractivity contribution in [3.8, 4) is 0 Å². The zero-order valence-electron chi connectivity index (χ0n) is 17.5. The molecule has 0 spiro atoms. The zero-order chi connectivity index (χ0) is 21.3. The Balaban J connectivity index is 1.33. The van der Waals surface area contributed by atoms with Crippen LogP contribution in [0.2, 0.25) is 5.02 Å². The molecule has 1 atom stereocenters. The SMILES string of the molecule is COCC1(C(=O)N2CCC[C@@H](N(C)C(=O)NCc3cc4cc(Cl)ccc4[nH]3)C2)CC1. The van der Waals surface area contributed by atoms with Crippen molar-refractivity contribution in [3.63, 3.8) is 0 Å². The topological polar surface area (TPSA) is 77.7 Å². The van der Waals surface area contributed by atoms with Gasteiger partial charge in [-0.05, 0) is 49.9 Å². The highest BCUT2D eigenvalue weighted by molar-refractivity contribution is 6.31. The standard InChI is InChI=1S/C22H29ClN4O3/c1-26(18-4-3-9-27(13-18)20(28)22(7-8-22)14-30-2)21(29)24-12-17-11-15-10-16(23)5-6-19(15)25-17/h5-6,10-11,18,25H,3-4,7-9,12-14H2,1-2H3,(H,24,29)/t18-/m1/s1. The smallest absolute Gasteiger partial charge is 0.317 e. The number of rotatable bonds is 6. The molecular weight excluding hydrogens is 404 g/mol. The molecule has 2 heterocycles. The van der Waals surface area contributed by atoms with Gasteiger partial charge in [-0.15, -0.1) is 0 Å². The predicted molar refractivity (Wildman–Crippen MR) is 116 cm³/mol. The summed E-state index contributed by atoms with van der Waals surface area (Å²) in [5.41, 5.74) is 1.59. The molecule has 8 heteroatoms. The number of hydrogen-bond acceptors (Lipinski definition) is 3. The van der Waals surface area contributed by atoms with Gasteiger partial charge in [0.1, 0.15) is 0 Å². The number of likely N-dealkylation sites (N-methyl/N-ethyl adjacent to an activating group) is 1. The third kappa shape index (κ3) is 4.27. The number of likely N-dealkylation sites (tertiary alicyclic amines) is 1. The number of H-pyrrole nitrogens is 1. The lowest BCUT2D eigenvalue weighted by atomic mass is 10.0. The molecule has 162 valence electrons. The van der Waals surface area contributed by atoms with Crippen LogP contribution < -0.4 is 5.32 Å². The number of benzene rings is 1. The average molecular weight is 433 g/mol. The number of fused-ring (bicyclic) bond motifs is 1. The predicted octanol–water partition coefficient (Wildman–Crippen LogP) is 3.38. The van der Waals surface area contributed by atoms with E-state index in [9.17, 15) is 9.59 Å². The van der Waals surface area contributed by atoms with E-state index in [4.69, 9.17) is 16.3 Å². The number of ether oxygens (including phenoxy) is 1. The normalized spacial score (nSPS) is 20.2. The molecule has 3 amide bonds. The Bertz CT molecular complexity index is 940. The van der Waals surface area contributed by atoms with Crippen LogP contribution in [0.3, 0.4) is 0 Å². The van der Waals surface area contributed by atoms with Gasteiger partial charge in [0.2, 0.25) is 5.91 Å². The van der Waals surface area contributed by atoms with Gasteiger partial charge in [0.05, 0.1) is 24.6 Å². The van der Waals surface area contributed by atoms with Gasteiger partial charge in [-0.2, -0.15) is 0 Å². The maximum absolute atomic E-state index is 12.9. The van der Waals surface area contributed by atoms with Gasteiger partial charge in [0.25, 0.3) is 0 Å². The molecule has 1 saturated carbocycles. The van der Waals surface area contributed by atoms with E-state index in [1.54, 1.807) is 19.1 Å². The van der Waals surface area contributed by atoms with Crippen LogP contribution in [0.4, 0.5) is 4.79 Å². The van der Waals surface area contributed by atoms with Crippen molar-refractivity contribution in [2.75, 3.05) is 33.9 Å². The minimum absolute atomic E-state index is 0.0163. The number of amides is 3. The van der Waals surface area contributed by atoms with E-state index >= 15 is 0 Å². The summed E-state index contributed by atoms with van der Waals surface area (Å²) in [6.07, 6.45) is 3.59. The number of aromatic nitrogens is 1. The molecule has 7 nitrogen and oxygen atoms in total. The molecule has 1 aliphatic carbocycles. The van der Waals surface area contributed by atoms with Crippen molar-refractivity contribution in [3.05, 3.63) is 35.0 Å². The van der Waals surface area contributed by atoms with E-state index in [2.05, 4.69) is 10.3 Å². The highest BCUT2D eigenvalue weighted by Crippen LogP contribution is 2.47. The van der Waals surface area contributed by atoms with Gasteiger partial charge in [-0.25, -0.2) is 4.79 Å². The fourth-order valence-corrected chi connectivity index (χ4v) is 4.54. The lowest BCUT2D eigenvalue weighted by molar-refractivity contribution is -0.141. The van der Waals surface area contributed by atoms with Crippen LogP contribution in [0.15, 0.2) is 24.3 Å². The molecule has 1 aliphatic heterocycles. The first kappa shape index (κ1) is 21.0. The minimum Gasteiger partial charge on any atom is -0.384 e. The molecule has 1 aromatic heterocycles. The van der Waals surface area contributed by atoms with E-state index in [0.717, 1.165) is 48.8 Å². The molecule has 1 saturated heterocycles. The van der Waals surface area contributed by atoms with Crippen LogP contribution in [0.25, 0.3) is 10.9 Å². The third-order valence-electron chi connectivity index (χ3n) is 6.35. The van der Waals surface area contributed by atoms with Crippen LogP contribution >= 0.6 is 11.6 Å². The van der Waals surface area contributed by atoms with Crippen molar-refractivity contribution in [1.82, 2.24) is 20.1 Å². The van der Waals surface area contributed by atoms with Crippen molar-refractivity contribution < 1.29 is 14.3 Å². The van der Waals surface area contributed by atoms with Gasteiger partial charge >= 0.3 is 6.03 Å². The van der Waals surface area contributed by atoms with E-state index in [1.807, 2.05) is 29.2 Å². The van der Waals surface area contributed by atoms with E-state index in [1.165, 1.54) is 0 Å². The van der Waals surface area contributed by atoms with E-state index < -0.39 is 0 Å². The summed E-state index contributed by atoms with van der Waals surface area (Å²) in [5, 5.41) is 4.68. The van der Waals surface area contributed by atoms with Gasteiger partial charge in [0.15, 0.2) is 0 Å². The Labute approximate surface area is 181 Å². The average Bonchev–Trinajstić information content (AvgIpc) is 3.42. The molecule has 0 bridgehead atoms. The molecular formula is C22H29ClN4O3. The van der Waals surface area contributed by atoms with Crippen LogP contribution in [-0.4, -0.2) is 66.6 Å². The van der Waals surface area contributed by atoms with E-state index in [0.29, 0.717) is 24.7 Å². The number of nitrogens with one attached hydrogen (secondary N) is 2. The van der Waals surface area contributed by atoms with Crippen molar-refractivity contribution in [2.45, 2.75) is 38.3 Å². The summed E-state index contributed by atoms with van der Waals surface area (Å²) in [4.78, 5) is 32.6. The fraction of sp³-hybridized carbons (Fsp3) is 0.545. The van der Waals surface area contributed by atoms with Crippen molar-refractivity contribution in [1.29, 1.82) is 0 Å². The number of hydrogen-bond donors (Lipinski definition) is 2. The van der Waals surface area contributed by atoms with Crippen LogP contribution in [0.5, 0.6) is 0 Å². The molecule has 30 heavy (non-hydrogen) atoms. The number of methoxy groups -OCH3 is 1. The molecule has 2 N–H and O–H groups in total. The zero-order valence-corrected chi connectivity index (χ0v) is 18.3. The van der Waals surface area contributed by atoms with Crippen molar-refractivity contribution in [2.24, 2.45) is 5.41 Å². The first-order valence-corrected chi connectivity index (χ1v) is 10.9. The second kappa shape index (κ2) is 8.47. The Morgan fingerprint density at radius 3 is 2.90 bits per heavy atom. The summed E-state index contributed by atoms with van der Waals surface area (Å²) in [6.45, 7) is 2.23. The first-order chi connectivity index (χ1) is 14.4. The number of urea groups is 1. The summed E-state index contributed by atoms with van der Waals surface area (Å²) in [7, 11) is 3.45. The van der Waals surface area contributed by atoms with Gasteiger partial charge in [-0.3, -0.25) is 4.79 Å². The number of carbonyl (C=O) groups is 2. The van der Waals surface area contributed by atoms with Gasteiger partial charge < -0.3 is 24.8 Å². The second-order valence-corrected chi connectivity index (χ2v) is 8.99. The van der Waals surface area contributed by atoms with Crippen LogP contribution in [0.1, 0.15) is 31.4 Å². The maximum Gasteiger partial charge on any atom is 0.317 e. The molecule has 2 fully saturated rings. The van der Waals surface area contributed by atoms with Crippen LogP contribution in [-0.2, 0) is 16.1 Å². The van der Waals surface area contributed by atoms with E-state index in [-0.39, 0.29) is 23.4 Å². The van der Waals surface area contributed by atoms with Gasteiger partial charge in [0, 0.05) is 48.9 Å². The molecule has 4 rings (SSSR count). The van der Waals surface area contributed by atoms with Crippen molar-refractivity contribution >= 4 is 34.4 Å². The van der Waals surface area contributed by atoms with Gasteiger partial charge in [-0.1, -0.05) is 11.6 Å². The first-order valence-electron chi connectivity index (χ1n) is 10.5. The Morgan fingerprint density at radius 1 is 1.37 bits per heavy atom. The quantitative estimate of drug-likeness (QED) is 0.734. The second-order valence-electron chi connectivity index (χ2n) is 8.56. The Hall–Kier alpha value is -2.25. The lowest BCUT2D eigenvalue weighted by Gasteiger charge is -2.39. The number of piperidine rings is 1. The Kier molecular flexibility index (Phi) is 5.93. The third-order valence-corrected chi connectivity index (χ3v) is 6.58. The Morgan fingerprint density at radius 2 is 2.17 bits per heavy atom. The summed E-state index contributed by atoms with van der Waals surface area (Å²) in [6, 6.07) is 7.54. The molecule has 0 radical (unpaired) electrons. The molecule has 0 unspecified atom stereocenters. The van der Waals surface area contributed by atoms with Crippen LogP contribution in [0, 0.1) is 5.41 Å². The number of nitrogens with zero attached hydrogens (tertiary/aromatic N) is 2. The summed E-state index contributed by atoms with van der Waals surface area (Å²) < 4.78 is 5.26. The highest BCUT2D eigenvalue weighted by atomic mass is 35.5. The lowest BCUT2D eigenvalue weighted by Crippen LogP contribution is -2.54. The number of carbonyl (C=O) groups excluding carboxylic acids is 2. The highest BCUT2D eigenvalue weighted by Gasteiger charge is 2.52.